The van der Waals surface area contributed by atoms with Crippen LogP contribution in [0.4, 0.5) is 0 Å². The molecule has 2 amide bonds. The molecule has 0 aromatic carbocycles. The average molecular weight is 400 g/mol. The van der Waals surface area contributed by atoms with E-state index in [2.05, 4.69) is 26.2 Å². The van der Waals surface area contributed by atoms with Crippen LogP contribution >= 0.6 is 0 Å². The summed E-state index contributed by atoms with van der Waals surface area (Å²) in [6.07, 6.45) is 7.64. The van der Waals surface area contributed by atoms with Crippen LogP contribution in [0.25, 0.3) is 0 Å². The van der Waals surface area contributed by atoms with E-state index in [4.69, 9.17) is 0 Å². The van der Waals surface area contributed by atoms with E-state index in [0.29, 0.717) is 37.4 Å². The zero-order chi connectivity index (χ0) is 20.4. The van der Waals surface area contributed by atoms with E-state index in [1.54, 1.807) is 0 Å². The summed E-state index contributed by atoms with van der Waals surface area (Å²) in [6.45, 7) is 3.86. The second-order valence-corrected chi connectivity index (χ2v) is 9.18. The largest absolute Gasteiger partial charge is 0.353 e. The zero-order valence-electron chi connectivity index (χ0n) is 17.6. The van der Waals surface area contributed by atoms with Gasteiger partial charge in [-0.15, -0.1) is 0 Å². The highest BCUT2D eigenvalue weighted by Gasteiger charge is 2.49. The minimum Gasteiger partial charge on any atom is -0.353 e. The number of carbonyl (C=O) groups excluding carboxylic acids is 2. The van der Waals surface area contributed by atoms with Gasteiger partial charge in [0.15, 0.2) is 0 Å². The molecule has 4 heterocycles. The van der Waals surface area contributed by atoms with Gasteiger partial charge in [0.2, 0.25) is 11.8 Å². The topological polar surface area (TPSA) is 68.8 Å². The first-order chi connectivity index (χ1) is 14.0. The average Bonchev–Trinajstić information content (AvgIpc) is 2.68. The summed E-state index contributed by atoms with van der Waals surface area (Å²) in [7, 11) is 3.79. The number of fused-ring (bicyclic) bond motifs is 4. The molecule has 1 aromatic heterocycles. The van der Waals surface area contributed by atoms with E-state index in [1.165, 1.54) is 5.56 Å². The lowest BCUT2D eigenvalue weighted by Crippen LogP contribution is -2.67. The predicted octanol–water partition coefficient (Wildman–Crippen LogP) is 0.961. The number of hydrogen-bond acceptors (Lipinski definition) is 5. The van der Waals surface area contributed by atoms with Gasteiger partial charge in [0, 0.05) is 51.0 Å². The minimum absolute atomic E-state index is 0.0288. The fourth-order valence-electron chi connectivity index (χ4n) is 5.58. The molecule has 0 saturated carbocycles. The van der Waals surface area contributed by atoms with Crippen LogP contribution in [0.3, 0.4) is 0 Å². The van der Waals surface area contributed by atoms with Crippen molar-refractivity contribution in [2.75, 3.05) is 40.3 Å². The van der Waals surface area contributed by atoms with E-state index in [-0.39, 0.29) is 17.9 Å². The van der Waals surface area contributed by atoms with Crippen LogP contribution in [0, 0.1) is 11.8 Å². The fourth-order valence-corrected chi connectivity index (χ4v) is 5.58. The number of likely N-dealkylation sites (N-methyl/N-ethyl adjacent to an activating group) is 1. The molecule has 4 rings (SSSR count). The fraction of sp³-hybridized carbons (Fsp3) is 0.682. The Bertz CT molecular complexity index is 725. The second-order valence-electron chi connectivity index (χ2n) is 9.18. The highest BCUT2D eigenvalue weighted by Crippen LogP contribution is 2.41. The molecule has 1 aromatic rings. The van der Waals surface area contributed by atoms with Gasteiger partial charge < -0.3 is 15.1 Å². The Hall–Kier alpha value is -1.99. The molecule has 2 bridgehead atoms. The maximum atomic E-state index is 12.8. The number of rotatable bonds is 6. The maximum absolute atomic E-state index is 12.8. The number of nitrogens with one attached hydrogen (secondary N) is 1. The lowest BCUT2D eigenvalue weighted by molar-refractivity contribution is -0.153. The van der Waals surface area contributed by atoms with Gasteiger partial charge in [-0.3, -0.25) is 19.5 Å². The molecule has 0 aliphatic carbocycles. The number of aromatic nitrogens is 1. The van der Waals surface area contributed by atoms with Crippen LogP contribution in [-0.4, -0.2) is 83.9 Å². The van der Waals surface area contributed by atoms with E-state index in [1.807, 2.05) is 37.5 Å². The molecule has 3 saturated heterocycles. The third-order valence-electron chi connectivity index (χ3n) is 6.67. The Balaban J connectivity index is 1.49. The van der Waals surface area contributed by atoms with Crippen LogP contribution in [0.2, 0.25) is 0 Å². The van der Waals surface area contributed by atoms with Crippen molar-refractivity contribution in [2.24, 2.45) is 11.8 Å². The molecular formula is C22H33N5O2. The summed E-state index contributed by atoms with van der Waals surface area (Å²) < 4.78 is 0. The maximum Gasteiger partial charge on any atom is 0.234 e. The highest BCUT2D eigenvalue weighted by atomic mass is 16.2. The van der Waals surface area contributed by atoms with Gasteiger partial charge >= 0.3 is 0 Å². The molecule has 158 valence electrons. The third kappa shape index (κ3) is 4.61. The minimum atomic E-state index is 0.0288. The third-order valence-corrected chi connectivity index (χ3v) is 6.67. The van der Waals surface area contributed by atoms with Crippen LogP contribution < -0.4 is 5.32 Å². The van der Waals surface area contributed by atoms with Gasteiger partial charge in [0.25, 0.3) is 0 Å². The molecule has 0 radical (unpaired) electrons. The monoisotopic (exact) mass is 399 g/mol. The summed E-state index contributed by atoms with van der Waals surface area (Å²) in [5.74, 6) is 1.25. The molecule has 3 aliphatic heterocycles. The standard InChI is InChI=1S/C22H33N5O2/c1-25(2)15-21(28)24-11-20-18-9-17(19-6-3-7-22(29)27(19)20)13-26(14-18)12-16-5-4-8-23-10-16/h4-5,8,10,17-20H,3,6-7,9,11-15H2,1-2H3,(H,24,28)/t17-,18+,19+,20+/m1/s1. The Morgan fingerprint density at radius 3 is 2.90 bits per heavy atom. The molecule has 29 heavy (non-hydrogen) atoms. The Kier molecular flexibility index (Phi) is 6.15. The first kappa shape index (κ1) is 20.3. The normalized spacial score (nSPS) is 29.6. The molecule has 1 N–H and O–H groups in total. The molecule has 0 unspecified atom stereocenters. The molecule has 3 aliphatic rings. The van der Waals surface area contributed by atoms with Crippen molar-refractivity contribution in [1.29, 1.82) is 0 Å². The van der Waals surface area contributed by atoms with Crippen molar-refractivity contribution >= 4 is 11.8 Å². The number of amides is 2. The van der Waals surface area contributed by atoms with Crippen LogP contribution in [0.1, 0.15) is 31.2 Å². The van der Waals surface area contributed by atoms with Crippen molar-refractivity contribution in [1.82, 2.24) is 25.0 Å². The number of nitrogens with zero attached hydrogens (tertiary/aromatic N) is 4. The summed E-state index contributed by atoms with van der Waals surface area (Å²) >= 11 is 0. The van der Waals surface area contributed by atoms with Gasteiger partial charge in [0.1, 0.15) is 0 Å². The number of likely N-dealkylation sites (tertiary alicyclic amines) is 1. The number of piperidine rings is 3. The van der Waals surface area contributed by atoms with E-state index in [9.17, 15) is 9.59 Å². The molecule has 7 nitrogen and oxygen atoms in total. The van der Waals surface area contributed by atoms with E-state index < -0.39 is 0 Å². The molecule has 3 fully saturated rings. The van der Waals surface area contributed by atoms with E-state index >= 15 is 0 Å². The molecule has 0 spiro atoms. The summed E-state index contributed by atoms with van der Waals surface area (Å²) in [5.41, 5.74) is 1.24. The molecular weight excluding hydrogens is 366 g/mol. The first-order valence-corrected chi connectivity index (χ1v) is 10.8. The second kappa shape index (κ2) is 8.79. The smallest absolute Gasteiger partial charge is 0.234 e. The molecule has 4 atom stereocenters. The van der Waals surface area contributed by atoms with Gasteiger partial charge in [0.05, 0.1) is 12.6 Å². The van der Waals surface area contributed by atoms with Crippen molar-refractivity contribution < 1.29 is 9.59 Å². The molecule has 7 heteroatoms. The van der Waals surface area contributed by atoms with Crippen molar-refractivity contribution in [3.63, 3.8) is 0 Å². The summed E-state index contributed by atoms with van der Waals surface area (Å²) in [6, 6.07) is 4.55. The SMILES string of the molecule is CN(C)CC(=O)NC[C@H]1[C@H]2C[C@H](CN(Cc3cccnc3)C2)[C@@H]2CCCC(=O)N21. The predicted molar refractivity (Wildman–Crippen MR) is 111 cm³/mol. The van der Waals surface area contributed by atoms with Crippen LogP contribution in [-0.2, 0) is 16.1 Å². The lowest BCUT2D eigenvalue weighted by atomic mass is 9.72. The van der Waals surface area contributed by atoms with Crippen LogP contribution in [0.15, 0.2) is 24.5 Å². The number of hydrogen-bond donors (Lipinski definition) is 1. The lowest BCUT2D eigenvalue weighted by Gasteiger charge is -2.56. The zero-order valence-corrected chi connectivity index (χ0v) is 17.6. The summed E-state index contributed by atoms with van der Waals surface area (Å²) in [5, 5.41) is 3.10. The Morgan fingerprint density at radius 2 is 2.14 bits per heavy atom. The number of pyridine rings is 1. The first-order valence-electron chi connectivity index (χ1n) is 10.8. The van der Waals surface area contributed by atoms with Gasteiger partial charge in [-0.1, -0.05) is 6.07 Å². The van der Waals surface area contributed by atoms with Crippen molar-refractivity contribution in [3.05, 3.63) is 30.1 Å². The highest BCUT2D eigenvalue weighted by molar-refractivity contribution is 5.79. The van der Waals surface area contributed by atoms with Crippen molar-refractivity contribution in [2.45, 2.75) is 44.3 Å². The van der Waals surface area contributed by atoms with Gasteiger partial charge in [-0.25, -0.2) is 0 Å². The van der Waals surface area contributed by atoms with Gasteiger partial charge in [-0.05, 0) is 56.8 Å². The van der Waals surface area contributed by atoms with Crippen molar-refractivity contribution in [3.8, 4) is 0 Å². The quantitative estimate of drug-likeness (QED) is 0.772. The van der Waals surface area contributed by atoms with Gasteiger partial charge in [-0.2, -0.15) is 0 Å². The van der Waals surface area contributed by atoms with E-state index in [0.717, 1.165) is 38.9 Å². The summed E-state index contributed by atoms with van der Waals surface area (Å²) in [4.78, 5) is 35.9. The Labute approximate surface area is 173 Å². The number of carbonyl (C=O) groups is 2. The Morgan fingerprint density at radius 1 is 1.31 bits per heavy atom. The van der Waals surface area contributed by atoms with Crippen LogP contribution in [0.5, 0.6) is 0 Å².